The zero-order valence-electron chi connectivity index (χ0n) is 11.5. The summed E-state index contributed by atoms with van der Waals surface area (Å²) in [5.41, 5.74) is 7.81. The number of hydrogen-bond acceptors (Lipinski definition) is 4. The number of ether oxygens (including phenoxy) is 1. The van der Waals surface area contributed by atoms with Crippen LogP contribution in [0.25, 0.3) is 0 Å². The summed E-state index contributed by atoms with van der Waals surface area (Å²) >= 11 is 0. The number of nitrogens with two attached hydrogens (primary N) is 1. The van der Waals surface area contributed by atoms with Crippen molar-refractivity contribution in [3.8, 4) is 0 Å². The van der Waals surface area contributed by atoms with Gasteiger partial charge in [-0.15, -0.1) is 0 Å². The summed E-state index contributed by atoms with van der Waals surface area (Å²) < 4.78 is 4.68. The van der Waals surface area contributed by atoms with Gasteiger partial charge in [-0.2, -0.15) is 0 Å². The lowest BCUT2D eigenvalue weighted by Gasteiger charge is -2.30. The van der Waals surface area contributed by atoms with Gasteiger partial charge in [0.15, 0.2) is 0 Å². The highest BCUT2D eigenvalue weighted by Crippen LogP contribution is 2.11. The molecule has 0 spiro atoms. The van der Waals surface area contributed by atoms with Crippen LogP contribution in [-0.4, -0.2) is 43.7 Å². The average Bonchev–Trinajstić information content (AvgIpc) is 2.45. The Morgan fingerprint density at radius 1 is 1.42 bits per heavy atom. The summed E-state index contributed by atoms with van der Waals surface area (Å²) in [4.78, 5) is 13.7. The zero-order valence-corrected chi connectivity index (χ0v) is 11.5. The predicted octanol–water partition coefficient (Wildman–Crippen LogP) is 1.44. The smallest absolute Gasteiger partial charge is 0.337 e. The van der Waals surface area contributed by atoms with Gasteiger partial charge in [0, 0.05) is 19.1 Å². The third-order valence-electron chi connectivity index (χ3n) is 3.63. The normalized spacial score (nSPS) is 20.2. The Hall–Kier alpha value is -1.39. The largest absolute Gasteiger partial charge is 0.465 e. The maximum Gasteiger partial charge on any atom is 0.337 e. The van der Waals surface area contributed by atoms with Crippen LogP contribution in [0.2, 0.25) is 0 Å². The molecule has 1 atom stereocenters. The summed E-state index contributed by atoms with van der Waals surface area (Å²) in [7, 11) is 1.40. The molecule has 0 aromatic heterocycles. The molecule has 0 unspecified atom stereocenters. The fraction of sp³-hybridized carbons (Fsp3) is 0.533. The van der Waals surface area contributed by atoms with Crippen molar-refractivity contribution in [2.24, 2.45) is 5.73 Å². The molecule has 0 aliphatic carbocycles. The van der Waals surface area contributed by atoms with Crippen LogP contribution in [0.5, 0.6) is 0 Å². The Labute approximate surface area is 114 Å². The Bertz CT molecular complexity index is 417. The van der Waals surface area contributed by atoms with Gasteiger partial charge in [0.25, 0.3) is 0 Å². The number of esters is 1. The first kappa shape index (κ1) is 14.0. The van der Waals surface area contributed by atoms with Crippen LogP contribution in [0.1, 0.15) is 28.8 Å². The van der Waals surface area contributed by atoms with Crippen LogP contribution < -0.4 is 5.73 Å². The Kier molecular flexibility index (Phi) is 4.93. The molecule has 0 saturated carbocycles. The first-order chi connectivity index (χ1) is 9.19. The highest BCUT2D eigenvalue weighted by Gasteiger charge is 2.15. The molecule has 0 radical (unpaired) electrons. The number of carbonyl (C=O) groups excluding carboxylic acids is 1. The van der Waals surface area contributed by atoms with Crippen molar-refractivity contribution in [1.82, 2.24) is 4.90 Å². The van der Waals surface area contributed by atoms with Gasteiger partial charge in [-0.05, 0) is 43.5 Å². The van der Waals surface area contributed by atoms with E-state index in [0.29, 0.717) is 11.6 Å². The summed E-state index contributed by atoms with van der Waals surface area (Å²) in [6, 6.07) is 7.97. The molecular weight excluding hydrogens is 240 g/mol. The van der Waals surface area contributed by atoms with Crippen molar-refractivity contribution < 1.29 is 9.53 Å². The van der Waals surface area contributed by atoms with Gasteiger partial charge in [0.2, 0.25) is 0 Å². The van der Waals surface area contributed by atoms with Crippen molar-refractivity contribution >= 4 is 5.97 Å². The lowest BCUT2D eigenvalue weighted by atomic mass is 10.0. The monoisotopic (exact) mass is 262 g/mol. The third kappa shape index (κ3) is 4.04. The second-order valence-electron chi connectivity index (χ2n) is 5.14. The van der Waals surface area contributed by atoms with E-state index in [1.165, 1.54) is 19.1 Å². The highest BCUT2D eigenvalue weighted by molar-refractivity contribution is 5.89. The fourth-order valence-electron chi connectivity index (χ4n) is 2.51. The van der Waals surface area contributed by atoms with Crippen LogP contribution in [-0.2, 0) is 11.2 Å². The number of rotatable bonds is 4. The molecule has 1 aliphatic rings. The van der Waals surface area contributed by atoms with Gasteiger partial charge >= 0.3 is 5.97 Å². The quantitative estimate of drug-likeness (QED) is 0.834. The van der Waals surface area contributed by atoms with E-state index in [9.17, 15) is 4.79 Å². The number of likely N-dealkylation sites (tertiary alicyclic amines) is 1. The molecule has 1 saturated heterocycles. The van der Waals surface area contributed by atoms with Crippen molar-refractivity contribution in [1.29, 1.82) is 0 Å². The van der Waals surface area contributed by atoms with Crippen LogP contribution in [0.3, 0.4) is 0 Å². The molecule has 0 bridgehead atoms. The van der Waals surface area contributed by atoms with Crippen LogP contribution in [0.4, 0.5) is 0 Å². The Balaban J connectivity index is 1.84. The van der Waals surface area contributed by atoms with Gasteiger partial charge in [-0.3, -0.25) is 0 Å². The summed E-state index contributed by atoms with van der Waals surface area (Å²) in [6.07, 6.45) is 3.33. The number of piperidine rings is 1. The standard InChI is InChI=1S/C15H22N2O2/c1-19-15(18)13-6-4-12(5-7-13)8-10-17-9-2-3-14(16)11-17/h4-7,14H,2-3,8-11,16H2,1H3/t14-/m0/s1. The molecule has 1 aliphatic heterocycles. The minimum atomic E-state index is -0.284. The molecule has 4 heteroatoms. The van der Waals surface area contributed by atoms with Crippen molar-refractivity contribution in [2.75, 3.05) is 26.7 Å². The summed E-state index contributed by atoms with van der Waals surface area (Å²) in [6.45, 7) is 3.18. The zero-order chi connectivity index (χ0) is 13.7. The topological polar surface area (TPSA) is 55.6 Å². The third-order valence-corrected chi connectivity index (χ3v) is 3.63. The predicted molar refractivity (Wildman–Crippen MR) is 75.1 cm³/mol. The molecule has 4 nitrogen and oxygen atoms in total. The molecular formula is C15H22N2O2. The maximum atomic E-state index is 11.3. The van der Waals surface area contributed by atoms with Gasteiger partial charge in [-0.25, -0.2) is 4.79 Å². The SMILES string of the molecule is COC(=O)c1ccc(CCN2CCC[C@H](N)C2)cc1. The number of nitrogens with zero attached hydrogens (tertiary/aromatic N) is 1. The number of hydrogen-bond donors (Lipinski definition) is 1. The van der Waals surface area contributed by atoms with Crippen LogP contribution in [0.15, 0.2) is 24.3 Å². The Morgan fingerprint density at radius 2 is 2.16 bits per heavy atom. The molecule has 1 aromatic rings. The molecule has 19 heavy (non-hydrogen) atoms. The second kappa shape index (κ2) is 6.68. The van der Waals surface area contributed by atoms with Gasteiger partial charge in [-0.1, -0.05) is 12.1 Å². The van der Waals surface area contributed by atoms with Crippen molar-refractivity contribution in [3.63, 3.8) is 0 Å². The average molecular weight is 262 g/mol. The molecule has 1 aromatic carbocycles. The first-order valence-electron chi connectivity index (χ1n) is 6.84. The Morgan fingerprint density at radius 3 is 2.79 bits per heavy atom. The van der Waals surface area contributed by atoms with E-state index in [0.717, 1.165) is 32.5 Å². The van der Waals surface area contributed by atoms with Gasteiger partial charge in [0.05, 0.1) is 12.7 Å². The van der Waals surface area contributed by atoms with Crippen LogP contribution >= 0.6 is 0 Å². The van der Waals surface area contributed by atoms with E-state index in [4.69, 9.17) is 5.73 Å². The summed E-state index contributed by atoms with van der Waals surface area (Å²) in [5, 5.41) is 0. The van der Waals surface area contributed by atoms with E-state index in [1.54, 1.807) is 0 Å². The first-order valence-corrected chi connectivity index (χ1v) is 6.84. The fourth-order valence-corrected chi connectivity index (χ4v) is 2.51. The molecule has 1 heterocycles. The number of methoxy groups -OCH3 is 1. The van der Waals surface area contributed by atoms with E-state index in [2.05, 4.69) is 9.64 Å². The van der Waals surface area contributed by atoms with E-state index in [-0.39, 0.29) is 5.97 Å². The minimum absolute atomic E-state index is 0.284. The lowest BCUT2D eigenvalue weighted by Crippen LogP contribution is -2.43. The van der Waals surface area contributed by atoms with Crippen LogP contribution in [0, 0.1) is 0 Å². The van der Waals surface area contributed by atoms with E-state index in [1.807, 2.05) is 24.3 Å². The molecule has 2 rings (SSSR count). The van der Waals surface area contributed by atoms with E-state index < -0.39 is 0 Å². The van der Waals surface area contributed by atoms with E-state index >= 15 is 0 Å². The molecule has 104 valence electrons. The number of carbonyl (C=O) groups is 1. The number of benzene rings is 1. The van der Waals surface area contributed by atoms with Gasteiger partial charge in [0.1, 0.15) is 0 Å². The highest BCUT2D eigenvalue weighted by atomic mass is 16.5. The maximum absolute atomic E-state index is 11.3. The van der Waals surface area contributed by atoms with Crippen molar-refractivity contribution in [2.45, 2.75) is 25.3 Å². The van der Waals surface area contributed by atoms with Gasteiger partial charge < -0.3 is 15.4 Å². The lowest BCUT2D eigenvalue weighted by molar-refractivity contribution is 0.0600. The molecule has 1 fully saturated rings. The second-order valence-corrected chi connectivity index (χ2v) is 5.14. The van der Waals surface area contributed by atoms with Crippen molar-refractivity contribution in [3.05, 3.63) is 35.4 Å². The molecule has 2 N–H and O–H groups in total. The summed E-state index contributed by atoms with van der Waals surface area (Å²) in [5.74, 6) is -0.284. The minimum Gasteiger partial charge on any atom is -0.465 e. The molecule has 0 amide bonds.